The maximum Gasteiger partial charge on any atom is 0.203 e. The summed E-state index contributed by atoms with van der Waals surface area (Å²) in [5.41, 5.74) is 1.72. The van der Waals surface area contributed by atoms with Gasteiger partial charge in [0.25, 0.3) is 0 Å². The third-order valence-electron chi connectivity index (χ3n) is 2.50. The smallest absolute Gasteiger partial charge is 0.203 e. The highest BCUT2D eigenvalue weighted by Gasteiger charge is 2.07. The monoisotopic (exact) mass is 229 g/mol. The first kappa shape index (κ1) is 9.76. The summed E-state index contributed by atoms with van der Waals surface area (Å²) in [5.74, 6) is 1.55. The van der Waals surface area contributed by atoms with Gasteiger partial charge in [0.05, 0.1) is 18.6 Å². The van der Waals surface area contributed by atoms with Crippen molar-refractivity contribution in [1.29, 1.82) is 0 Å². The van der Waals surface area contributed by atoms with Crippen LogP contribution in [0.1, 0.15) is 11.5 Å². The van der Waals surface area contributed by atoms with Gasteiger partial charge in [0, 0.05) is 18.6 Å². The Morgan fingerprint density at radius 2 is 2.35 bits per heavy atom. The van der Waals surface area contributed by atoms with E-state index in [0.717, 1.165) is 17.2 Å². The molecule has 2 N–H and O–H groups in total. The number of fused-ring (bicyclic) bond motifs is 1. The Kier molecular flexibility index (Phi) is 2.21. The molecule has 0 atom stereocenters. The van der Waals surface area contributed by atoms with Gasteiger partial charge in [0.15, 0.2) is 5.82 Å². The summed E-state index contributed by atoms with van der Waals surface area (Å²) in [7, 11) is 0. The number of nitrogens with zero attached hydrogens (tertiary/aromatic N) is 5. The lowest BCUT2D eigenvalue weighted by Crippen LogP contribution is -2.04. The van der Waals surface area contributed by atoms with Crippen LogP contribution in [0, 0.1) is 6.92 Å². The van der Waals surface area contributed by atoms with Crippen molar-refractivity contribution < 1.29 is 0 Å². The van der Waals surface area contributed by atoms with Crippen LogP contribution in [0.5, 0.6) is 0 Å². The van der Waals surface area contributed by atoms with Crippen LogP contribution < -0.4 is 5.32 Å². The van der Waals surface area contributed by atoms with Crippen molar-refractivity contribution in [2.24, 2.45) is 0 Å². The minimum Gasteiger partial charge on any atom is -0.361 e. The Hall–Kier alpha value is -2.44. The first-order chi connectivity index (χ1) is 8.34. The van der Waals surface area contributed by atoms with Gasteiger partial charge in [-0.15, -0.1) is 10.2 Å². The predicted octanol–water partition coefficient (Wildman–Crippen LogP) is 0.768. The molecule has 17 heavy (non-hydrogen) atoms. The molecule has 0 spiro atoms. The first-order valence-electron chi connectivity index (χ1n) is 5.22. The van der Waals surface area contributed by atoms with Crippen molar-refractivity contribution in [3.63, 3.8) is 0 Å². The number of aromatic amines is 1. The van der Waals surface area contributed by atoms with E-state index in [1.807, 2.05) is 17.5 Å². The molecule has 0 aromatic carbocycles. The fourth-order valence-corrected chi connectivity index (χ4v) is 1.63. The second-order valence-corrected chi connectivity index (χ2v) is 3.65. The Morgan fingerprint density at radius 3 is 3.18 bits per heavy atom. The zero-order valence-corrected chi connectivity index (χ0v) is 9.25. The van der Waals surface area contributed by atoms with Gasteiger partial charge in [-0.25, -0.2) is 9.97 Å². The highest BCUT2D eigenvalue weighted by Crippen LogP contribution is 2.12. The molecule has 3 aromatic heterocycles. The molecule has 0 amide bonds. The average Bonchev–Trinajstić information content (AvgIpc) is 2.97. The Balaban J connectivity index is 1.90. The van der Waals surface area contributed by atoms with Crippen molar-refractivity contribution in [2.45, 2.75) is 13.5 Å². The number of hydrogen-bond donors (Lipinski definition) is 2. The summed E-state index contributed by atoms with van der Waals surface area (Å²) in [6, 6.07) is 0. The molecule has 0 aliphatic rings. The molecule has 0 unspecified atom stereocenters. The molecule has 7 heteroatoms. The molecule has 0 bridgehead atoms. The fraction of sp³-hybridized carbons (Fsp3) is 0.200. The lowest BCUT2D eigenvalue weighted by Gasteiger charge is -2.04. The zero-order chi connectivity index (χ0) is 11.7. The number of rotatable bonds is 3. The Labute approximate surface area is 96.9 Å². The van der Waals surface area contributed by atoms with Crippen molar-refractivity contribution >= 4 is 11.5 Å². The van der Waals surface area contributed by atoms with Gasteiger partial charge in [-0.3, -0.25) is 4.40 Å². The predicted molar refractivity (Wildman–Crippen MR) is 61.4 cm³/mol. The normalized spacial score (nSPS) is 10.9. The highest BCUT2D eigenvalue weighted by molar-refractivity contribution is 5.61. The molecule has 0 saturated heterocycles. The van der Waals surface area contributed by atoms with Gasteiger partial charge >= 0.3 is 0 Å². The molecule has 86 valence electrons. The van der Waals surface area contributed by atoms with Crippen LogP contribution in [0.3, 0.4) is 0 Å². The van der Waals surface area contributed by atoms with E-state index in [1.165, 1.54) is 0 Å². The number of anilines is 1. The van der Waals surface area contributed by atoms with Crippen molar-refractivity contribution in [2.75, 3.05) is 5.32 Å². The summed E-state index contributed by atoms with van der Waals surface area (Å²) in [6.45, 7) is 2.53. The third kappa shape index (κ3) is 1.71. The molecule has 3 aromatic rings. The molecular formula is C10H11N7. The van der Waals surface area contributed by atoms with Crippen molar-refractivity contribution in [3.8, 4) is 0 Å². The van der Waals surface area contributed by atoms with Crippen LogP contribution >= 0.6 is 0 Å². The second kappa shape index (κ2) is 3.85. The first-order valence-corrected chi connectivity index (χ1v) is 5.22. The SMILES string of the molecule is Cc1nnc2c(NCc3cnc[nH]3)nccn12. The van der Waals surface area contributed by atoms with Crippen LogP contribution in [-0.4, -0.2) is 29.5 Å². The van der Waals surface area contributed by atoms with Crippen LogP contribution in [0.4, 0.5) is 5.82 Å². The van der Waals surface area contributed by atoms with Gasteiger partial charge < -0.3 is 10.3 Å². The summed E-state index contributed by atoms with van der Waals surface area (Å²) in [6.07, 6.45) is 6.97. The van der Waals surface area contributed by atoms with Gasteiger partial charge in [0.2, 0.25) is 5.65 Å². The van der Waals surface area contributed by atoms with E-state index in [2.05, 4.69) is 30.5 Å². The molecule has 0 aliphatic heterocycles. The van der Waals surface area contributed by atoms with Gasteiger partial charge in [0.1, 0.15) is 5.82 Å². The average molecular weight is 229 g/mol. The van der Waals surface area contributed by atoms with E-state index in [0.29, 0.717) is 12.4 Å². The lowest BCUT2D eigenvalue weighted by atomic mass is 10.4. The van der Waals surface area contributed by atoms with E-state index in [9.17, 15) is 0 Å². The lowest BCUT2D eigenvalue weighted by molar-refractivity contribution is 0.998. The molecule has 3 heterocycles. The van der Waals surface area contributed by atoms with E-state index in [1.54, 1.807) is 18.7 Å². The Morgan fingerprint density at radius 1 is 1.41 bits per heavy atom. The number of H-pyrrole nitrogens is 1. The quantitative estimate of drug-likeness (QED) is 0.693. The third-order valence-corrected chi connectivity index (χ3v) is 2.50. The van der Waals surface area contributed by atoms with Crippen LogP contribution in [0.2, 0.25) is 0 Å². The minimum absolute atomic E-state index is 0.624. The van der Waals surface area contributed by atoms with Crippen LogP contribution in [0.15, 0.2) is 24.9 Å². The highest BCUT2D eigenvalue weighted by atomic mass is 15.3. The molecule has 0 saturated carbocycles. The largest absolute Gasteiger partial charge is 0.361 e. The molecule has 7 nitrogen and oxygen atoms in total. The van der Waals surface area contributed by atoms with Crippen LogP contribution in [0.25, 0.3) is 5.65 Å². The van der Waals surface area contributed by atoms with Gasteiger partial charge in [-0.2, -0.15) is 0 Å². The zero-order valence-electron chi connectivity index (χ0n) is 9.25. The van der Waals surface area contributed by atoms with E-state index in [-0.39, 0.29) is 0 Å². The van der Waals surface area contributed by atoms with Gasteiger partial charge in [-0.05, 0) is 6.92 Å². The maximum absolute atomic E-state index is 4.25. The minimum atomic E-state index is 0.624. The summed E-state index contributed by atoms with van der Waals surface area (Å²) in [5, 5.41) is 11.3. The standard InChI is InChI=1S/C10H11N7/c1-7-15-16-10-9(12-2-3-17(7)10)13-5-8-4-11-6-14-8/h2-4,6H,5H2,1H3,(H,11,14)(H,12,13). The molecule has 0 fully saturated rings. The number of nitrogens with one attached hydrogen (secondary N) is 2. The van der Waals surface area contributed by atoms with Crippen LogP contribution in [-0.2, 0) is 6.54 Å². The number of aromatic nitrogens is 6. The number of hydrogen-bond acceptors (Lipinski definition) is 5. The topological polar surface area (TPSA) is 83.8 Å². The van der Waals surface area contributed by atoms with Crippen molar-refractivity contribution in [1.82, 2.24) is 29.5 Å². The van der Waals surface area contributed by atoms with E-state index in [4.69, 9.17) is 0 Å². The molecule has 0 aliphatic carbocycles. The maximum atomic E-state index is 4.25. The molecule has 3 rings (SSSR count). The van der Waals surface area contributed by atoms with Crippen molar-refractivity contribution in [3.05, 3.63) is 36.4 Å². The Bertz CT molecular complexity index is 625. The van der Waals surface area contributed by atoms with E-state index >= 15 is 0 Å². The summed E-state index contributed by atoms with van der Waals surface area (Å²) in [4.78, 5) is 11.2. The van der Waals surface area contributed by atoms with Gasteiger partial charge in [-0.1, -0.05) is 0 Å². The fourth-order valence-electron chi connectivity index (χ4n) is 1.63. The number of aryl methyl sites for hydroxylation is 1. The summed E-state index contributed by atoms with van der Waals surface area (Å²) < 4.78 is 1.89. The number of imidazole rings is 1. The molecule has 0 radical (unpaired) electrons. The molecular weight excluding hydrogens is 218 g/mol. The van der Waals surface area contributed by atoms with E-state index < -0.39 is 0 Å². The summed E-state index contributed by atoms with van der Waals surface area (Å²) >= 11 is 0. The second-order valence-electron chi connectivity index (χ2n) is 3.65.